The van der Waals surface area contributed by atoms with Gasteiger partial charge in [-0.1, -0.05) is 13.3 Å². The molecule has 5 heteroatoms. The lowest BCUT2D eigenvalue weighted by Crippen LogP contribution is -2.08. The van der Waals surface area contributed by atoms with E-state index in [1.807, 2.05) is 13.0 Å². The molecule has 0 aliphatic heterocycles. The van der Waals surface area contributed by atoms with Gasteiger partial charge in [-0.25, -0.2) is 9.97 Å². The minimum absolute atomic E-state index is 0.474. The van der Waals surface area contributed by atoms with Gasteiger partial charge in [0.2, 0.25) is 0 Å². The average molecular weight is 233 g/mol. The van der Waals surface area contributed by atoms with Crippen LogP contribution in [0.4, 0.5) is 11.6 Å². The zero-order valence-electron chi connectivity index (χ0n) is 10.5. The van der Waals surface area contributed by atoms with E-state index in [0.717, 1.165) is 36.8 Å². The summed E-state index contributed by atoms with van der Waals surface area (Å²) >= 11 is 0. The highest BCUT2D eigenvalue weighted by Gasteiger charge is 2.00. The van der Waals surface area contributed by atoms with E-state index in [1.54, 1.807) is 0 Å². The molecule has 0 radical (unpaired) electrons. The molecule has 0 bridgehead atoms. The highest BCUT2D eigenvalue weighted by molar-refractivity contribution is 5.47. The molecule has 5 nitrogen and oxygen atoms in total. The highest BCUT2D eigenvalue weighted by atomic mass is 15.1. The monoisotopic (exact) mass is 233 g/mol. The second-order valence-corrected chi connectivity index (χ2v) is 3.80. The molecule has 1 rings (SSSR count). The highest BCUT2D eigenvalue weighted by Crippen LogP contribution is 2.11. The quantitative estimate of drug-likeness (QED) is 0.707. The molecule has 0 amide bonds. The van der Waals surface area contributed by atoms with Gasteiger partial charge in [0, 0.05) is 19.2 Å². The van der Waals surface area contributed by atoms with Crippen molar-refractivity contribution in [2.24, 2.45) is 0 Å². The third kappa shape index (κ3) is 5.16. The Labute approximate surface area is 102 Å². The Bertz CT molecular complexity index is 383. The van der Waals surface area contributed by atoms with Crippen molar-refractivity contribution in [2.45, 2.75) is 33.1 Å². The summed E-state index contributed by atoms with van der Waals surface area (Å²) in [5.41, 5.74) is 0. The Kier molecular flexibility index (Phi) is 5.80. The fourth-order valence-electron chi connectivity index (χ4n) is 1.39. The molecule has 0 unspecified atom stereocenters. The first-order valence-electron chi connectivity index (χ1n) is 5.96. The van der Waals surface area contributed by atoms with Crippen LogP contribution in [0.1, 0.15) is 32.0 Å². The van der Waals surface area contributed by atoms with Gasteiger partial charge in [-0.3, -0.25) is 0 Å². The maximum absolute atomic E-state index is 8.46. The van der Waals surface area contributed by atoms with Crippen molar-refractivity contribution in [2.75, 3.05) is 23.7 Å². The van der Waals surface area contributed by atoms with Gasteiger partial charge in [-0.05, 0) is 13.3 Å². The van der Waals surface area contributed by atoms with Crippen molar-refractivity contribution < 1.29 is 0 Å². The molecule has 17 heavy (non-hydrogen) atoms. The maximum Gasteiger partial charge on any atom is 0.131 e. The Morgan fingerprint density at radius 1 is 1.24 bits per heavy atom. The van der Waals surface area contributed by atoms with E-state index in [-0.39, 0.29) is 0 Å². The maximum atomic E-state index is 8.46. The summed E-state index contributed by atoms with van der Waals surface area (Å²) in [5, 5.41) is 14.8. The lowest BCUT2D eigenvalue weighted by Gasteiger charge is -2.08. The normalized spacial score (nSPS) is 9.71. The number of rotatable bonds is 7. The second-order valence-electron chi connectivity index (χ2n) is 3.80. The zero-order chi connectivity index (χ0) is 12.5. The van der Waals surface area contributed by atoms with Crippen molar-refractivity contribution in [1.29, 1.82) is 5.26 Å². The first-order chi connectivity index (χ1) is 8.26. The van der Waals surface area contributed by atoms with E-state index in [1.165, 1.54) is 0 Å². The van der Waals surface area contributed by atoms with E-state index in [9.17, 15) is 0 Å². The van der Waals surface area contributed by atoms with Crippen LogP contribution in [0.25, 0.3) is 0 Å². The van der Waals surface area contributed by atoms with E-state index < -0.39 is 0 Å². The fourth-order valence-corrected chi connectivity index (χ4v) is 1.39. The number of hydrogen-bond donors (Lipinski definition) is 2. The Balaban J connectivity index is 2.56. The number of nitrogens with one attached hydrogen (secondary N) is 2. The molecule has 1 aromatic heterocycles. The van der Waals surface area contributed by atoms with Gasteiger partial charge in [0.05, 0.1) is 12.5 Å². The van der Waals surface area contributed by atoms with Gasteiger partial charge in [-0.15, -0.1) is 0 Å². The van der Waals surface area contributed by atoms with Crippen molar-refractivity contribution in [3.8, 4) is 6.07 Å². The van der Waals surface area contributed by atoms with Crippen LogP contribution in [-0.4, -0.2) is 23.1 Å². The lowest BCUT2D eigenvalue weighted by atomic mass is 10.3. The van der Waals surface area contributed by atoms with Crippen LogP contribution in [0.15, 0.2) is 6.07 Å². The van der Waals surface area contributed by atoms with Crippen LogP contribution in [0.3, 0.4) is 0 Å². The second kappa shape index (κ2) is 7.44. The molecule has 0 saturated carbocycles. The minimum atomic E-state index is 0.474. The van der Waals surface area contributed by atoms with Gasteiger partial charge in [0.1, 0.15) is 17.5 Å². The molecule has 0 atom stereocenters. The minimum Gasteiger partial charge on any atom is -0.370 e. The van der Waals surface area contributed by atoms with E-state index >= 15 is 0 Å². The van der Waals surface area contributed by atoms with Crippen molar-refractivity contribution in [3.05, 3.63) is 11.9 Å². The molecule has 0 aliphatic carbocycles. The van der Waals surface area contributed by atoms with Gasteiger partial charge in [0.25, 0.3) is 0 Å². The van der Waals surface area contributed by atoms with Crippen LogP contribution >= 0.6 is 0 Å². The Morgan fingerprint density at radius 3 is 2.47 bits per heavy atom. The number of nitrogens with zero attached hydrogens (tertiary/aromatic N) is 3. The first-order valence-corrected chi connectivity index (χ1v) is 5.96. The SMILES string of the molecule is CCCCNc1cc(NCCC#N)nc(C)n1. The summed E-state index contributed by atoms with van der Waals surface area (Å²) in [7, 11) is 0. The standard InChI is InChI=1S/C12H19N5/c1-3-4-7-14-11-9-12(15-8-5-6-13)17-10(2)16-11/h9H,3-5,7-8H2,1-2H3,(H2,14,15,16,17). The van der Waals surface area contributed by atoms with E-state index in [2.05, 4.69) is 33.6 Å². The van der Waals surface area contributed by atoms with Crippen molar-refractivity contribution in [3.63, 3.8) is 0 Å². The topological polar surface area (TPSA) is 73.6 Å². The summed E-state index contributed by atoms with van der Waals surface area (Å²) < 4.78 is 0. The van der Waals surface area contributed by atoms with E-state index in [0.29, 0.717) is 13.0 Å². The predicted octanol–water partition coefficient (Wildman–Crippen LogP) is 2.32. The number of anilines is 2. The van der Waals surface area contributed by atoms with Gasteiger partial charge in [-0.2, -0.15) is 5.26 Å². The molecular formula is C12H19N5. The smallest absolute Gasteiger partial charge is 0.131 e. The summed E-state index contributed by atoms with van der Waals surface area (Å²) in [6.07, 6.45) is 2.76. The van der Waals surface area contributed by atoms with Crippen molar-refractivity contribution >= 4 is 11.6 Å². The zero-order valence-corrected chi connectivity index (χ0v) is 10.5. The molecule has 0 aliphatic rings. The third-order valence-electron chi connectivity index (χ3n) is 2.22. The molecule has 1 heterocycles. The fraction of sp³-hybridized carbons (Fsp3) is 0.583. The molecule has 0 aromatic carbocycles. The number of hydrogen-bond acceptors (Lipinski definition) is 5. The average Bonchev–Trinajstić information content (AvgIpc) is 2.29. The number of unbranched alkanes of at least 4 members (excludes halogenated alkanes) is 1. The van der Waals surface area contributed by atoms with E-state index in [4.69, 9.17) is 5.26 Å². The lowest BCUT2D eigenvalue weighted by molar-refractivity contribution is 0.829. The van der Waals surface area contributed by atoms with Gasteiger partial charge < -0.3 is 10.6 Å². The predicted molar refractivity (Wildman–Crippen MR) is 68.9 cm³/mol. The van der Waals surface area contributed by atoms with Crippen LogP contribution in [0.2, 0.25) is 0 Å². The Hall–Kier alpha value is -1.83. The number of nitriles is 1. The molecule has 0 saturated heterocycles. The number of aryl methyl sites for hydroxylation is 1. The summed E-state index contributed by atoms with van der Waals surface area (Å²) in [5.74, 6) is 2.34. The molecule has 2 N–H and O–H groups in total. The van der Waals surface area contributed by atoms with Crippen molar-refractivity contribution in [1.82, 2.24) is 9.97 Å². The molecule has 1 aromatic rings. The van der Waals surface area contributed by atoms with Crippen LogP contribution in [0, 0.1) is 18.3 Å². The van der Waals surface area contributed by atoms with Gasteiger partial charge >= 0.3 is 0 Å². The first kappa shape index (κ1) is 13.2. The summed E-state index contributed by atoms with van der Waals surface area (Å²) in [6.45, 7) is 5.55. The molecule has 92 valence electrons. The van der Waals surface area contributed by atoms with Crippen LogP contribution in [-0.2, 0) is 0 Å². The summed E-state index contributed by atoms with van der Waals surface area (Å²) in [4.78, 5) is 8.57. The summed E-state index contributed by atoms with van der Waals surface area (Å²) in [6, 6.07) is 3.96. The van der Waals surface area contributed by atoms with Gasteiger partial charge in [0.15, 0.2) is 0 Å². The van der Waals surface area contributed by atoms with Crippen LogP contribution in [0.5, 0.6) is 0 Å². The third-order valence-corrected chi connectivity index (χ3v) is 2.22. The Morgan fingerprint density at radius 2 is 1.88 bits per heavy atom. The number of aromatic nitrogens is 2. The largest absolute Gasteiger partial charge is 0.370 e. The molecular weight excluding hydrogens is 214 g/mol. The molecule has 0 fully saturated rings. The molecule has 0 spiro atoms. The van der Waals surface area contributed by atoms with Crippen LogP contribution < -0.4 is 10.6 Å².